The summed E-state index contributed by atoms with van der Waals surface area (Å²) in [6.07, 6.45) is 0.724. The maximum absolute atomic E-state index is 12.7. The molecular formula is C24H19N7O4S2. The number of amides is 1. The highest BCUT2D eigenvalue weighted by Gasteiger charge is 2.17. The Bertz CT molecular complexity index is 1670. The van der Waals surface area contributed by atoms with Gasteiger partial charge in [0.25, 0.3) is 11.6 Å². The predicted octanol–water partition coefficient (Wildman–Crippen LogP) is 5.02. The lowest BCUT2D eigenvalue weighted by Crippen LogP contribution is -2.34. The number of aryl methyl sites for hydroxylation is 2. The normalized spacial score (nSPS) is 11.0. The van der Waals surface area contributed by atoms with Crippen LogP contribution in [0.25, 0.3) is 26.9 Å². The minimum absolute atomic E-state index is 0.0163. The molecule has 186 valence electrons. The van der Waals surface area contributed by atoms with Crippen LogP contribution in [0.2, 0.25) is 0 Å². The molecule has 5 rings (SSSR count). The van der Waals surface area contributed by atoms with Gasteiger partial charge in [-0.25, -0.2) is 0 Å². The number of benzene rings is 2. The Hall–Kier alpha value is -4.49. The standard InChI is InChI=1S/C24H19N7O4S2/c1-3-20-27-28-24-30(20)29-22(37-24)15-8-7-13(2)17(12-15)25-23(36)26-21(32)19-10-9-18(35-19)14-5-4-6-16(11-14)31(33)34/h4-12H,3H2,1-2H3,(H2,25,26,32,36). The van der Waals surface area contributed by atoms with E-state index < -0.39 is 10.8 Å². The molecule has 11 nitrogen and oxygen atoms in total. The summed E-state index contributed by atoms with van der Waals surface area (Å²) in [6, 6.07) is 14.8. The Morgan fingerprint density at radius 2 is 2.00 bits per heavy atom. The van der Waals surface area contributed by atoms with Crippen molar-refractivity contribution in [2.24, 2.45) is 0 Å². The van der Waals surface area contributed by atoms with Crippen LogP contribution >= 0.6 is 23.6 Å². The van der Waals surface area contributed by atoms with Crippen LogP contribution in [0.5, 0.6) is 0 Å². The van der Waals surface area contributed by atoms with Crippen LogP contribution in [0, 0.1) is 17.0 Å². The van der Waals surface area contributed by atoms with Gasteiger partial charge in [-0.05, 0) is 42.9 Å². The minimum Gasteiger partial charge on any atom is -0.451 e. The first-order valence-corrected chi connectivity index (χ1v) is 12.3. The first-order chi connectivity index (χ1) is 17.8. The van der Waals surface area contributed by atoms with Crippen LogP contribution in [-0.2, 0) is 6.42 Å². The van der Waals surface area contributed by atoms with Crippen molar-refractivity contribution < 1.29 is 14.1 Å². The molecule has 0 aliphatic carbocycles. The highest BCUT2D eigenvalue weighted by molar-refractivity contribution is 7.80. The maximum Gasteiger partial charge on any atom is 0.293 e. The predicted molar refractivity (Wildman–Crippen MR) is 143 cm³/mol. The molecule has 5 aromatic rings. The number of hydrogen-bond acceptors (Lipinski definition) is 9. The van der Waals surface area contributed by atoms with E-state index in [1.165, 1.54) is 29.5 Å². The topological polar surface area (TPSA) is 140 Å². The summed E-state index contributed by atoms with van der Waals surface area (Å²) in [6.45, 7) is 3.91. The molecule has 3 heterocycles. The van der Waals surface area contributed by atoms with E-state index in [4.69, 9.17) is 16.6 Å². The molecular weight excluding hydrogens is 514 g/mol. The summed E-state index contributed by atoms with van der Waals surface area (Å²) in [7, 11) is 0. The van der Waals surface area contributed by atoms with E-state index in [-0.39, 0.29) is 16.6 Å². The van der Waals surface area contributed by atoms with Crippen LogP contribution in [0.1, 0.15) is 28.9 Å². The second-order valence-electron chi connectivity index (χ2n) is 7.98. The summed E-state index contributed by atoms with van der Waals surface area (Å²) in [5, 5.41) is 30.5. The van der Waals surface area contributed by atoms with Gasteiger partial charge in [0.1, 0.15) is 10.8 Å². The zero-order valence-corrected chi connectivity index (χ0v) is 21.2. The van der Waals surface area contributed by atoms with Crippen molar-refractivity contribution in [2.45, 2.75) is 20.3 Å². The molecule has 13 heteroatoms. The van der Waals surface area contributed by atoms with E-state index in [0.29, 0.717) is 22.0 Å². The third-order valence-electron chi connectivity index (χ3n) is 5.50. The zero-order valence-electron chi connectivity index (χ0n) is 19.6. The van der Waals surface area contributed by atoms with Crippen LogP contribution in [-0.4, -0.2) is 35.8 Å². The Labute approximate surface area is 219 Å². The van der Waals surface area contributed by atoms with Gasteiger partial charge in [-0.3, -0.25) is 20.2 Å². The number of nitrogens with zero attached hydrogens (tertiary/aromatic N) is 5. The Morgan fingerprint density at radius 1 is 1.16 bits per heavy atom. The molecule has 1 amide bonds. The highest BCUT2D eigenvalue weighted by Crippen LogP contribution is 2.29. The summed E-state index contributed by atoms with van der Waals surface area (Å²) >= 11 is 6.78. The van der Waals surface area contributed by atoms with Gasteiger partial charge in [-0.1, -0.05) is 42.5 Å². The molecule has 0 saturated carbocycles. The first kappa shape index (κ1) is 24.2. The van der Waals surface area contributed by atoms with Crippen molar-refractivity contribution >= 4 is 50.9 Å². The quantitative estimate of drug-likeness (QED) is 0.175. The number of thiocarbonyl (C=S) groups is 1. The number of rotatable bonds is 6. The third kappa shape index (κ3) is 4.94. The fraction of sp³-hybridized carbons (Fsp3) is 0.125. The molecule has 0 saturated heterocycles. The number of carbonyl (C=O) groups is 1. The smallest absolute Gasteiger partial charge is 0.293 e. The van der Waals surface area contributed by atoms with Gasteiger partial charge in [-0.2, -0.15) is 9.61 Å². The van der Waals surface area contributed by atoms with E-state index in [9.17, 15) is 14.9 Å². The van der Waals surface area contributed by atoms with Gasteiger partial charge in [0.2, 0.25) is 4.96 Å². The number of aromatic nitrogens is 4. The van der Waals surface area contributed by atoms with E-state index in [0.717, 1.165) is 28.4 Å². The van der Waals surface area contributed by atoms with Gasteiger partial charge in [0, 0.05) is 35.4 Å². The number of nitro groups is 1. The van der Waals surface area contributed by atoms with Gasteiger partial charge >= 0.3 is 0 Å². The van der Waals surface area contributed by atoms with Crippen LogP contribution in [0.4, 0.5) is 11.4 Å². The summed E-state index contributed by atoms with van der Waals surface area (Å²) in [5.41, 5.74) is 2.91. The molecule has 37 heavy (non-hydrogen) atoms. The van der Waals surface area contributed by atoms with E-state index in [1.807, 2.05) is 32.0 Å². The van der Waals surface area contributed by atoms with Crippen LogP contribution in [0.3, 0.4) is 0 Å². The third-order valence-corrected chi connectivity index (χ3v) is 6.65. The van der Waals surface area contributed by atoms with E-state index in [2.05, 4.69) is 25.9 Å². The molecule has 0 aliphatic heterocycles. The second kappa shape index (κ2) is 9.87. The number of hydrogen-bond donors (Lipinski definition) is 2. The van der Waals surface area contributed by atoms with Crippen LogP contribution in [0.15, 0.2) is 59.0 Å². The molecule has 3 aromatic heterocycles. The first-order valence-electron chi connectivity index (χ1n) is 11.1. The van der Waals surface area contributed by atoms with Crippen molar-refractivity contribution in [1.82, 2.24) is 25.1 Å². The molecule has 0 aliphatic rings. The molecule has 0 fully saturated rings. The lowest BCUT2D eigenvalue weighted by Gasteiger charge is -2.12. The molecule has 0 spiro atoms. The average molecular weight is 534 g/mol. The lowest BCUT2D eigenvalue weighted by molar-refractivity contribution is -0.384. The fourth-order valence-corrected chi connectivity index (χ4v) is 4.65. The Balaban J connectivity index is 1.29. The molecule has 0 radical (unpaired) electrons. The highest BCUT2D eigenvalue weighted by atomic mass is 32.1. The molecule has 0 atom stereocenters. The fourth-order valence-electron chi connectivity index (χ4n) is 3.59. The molecule has 2 N–H and O–H groups in total. The number of nitro benzene ring substituents is 1. The molecule has 0 unspecified atom stereocenters. The number of fused-ring (bicyclic) bond motifs is 1. The second-order valence-corrected chi connectivity index (χ2v) is 9.34. The van der Waals surface area contributed by atoms with Crippen molar-refractivity contribution in [1.29, 1.82) is 0 Å². The molecule has 2 aromatic carbocycles. The number of anilines is 1. The van der Waals surface area contributed by atoms with Crippen molar-refractivity contribution in [3.63, 3.8) is 0 Å². The summed E-state index contributed by atoms with van der Waals surface area (Å²) < 4.78 is 7.35. The number of nitrogens with one attached hydrogen (secondary N) is 2. The van der Waals surface area contributed by atoms with Crippen molar-refractivity contribution in [3.05, 3.63) is 81.9 Å². The maximum atomic E-state index is 12.7. The summed E-state index contributed by atoms with van der Waals surface area (Å²) in [5.74, 6) is 0.581. The average Bonchev–Trinajstić information content (AvgIpc) is 3.61. The number of non-ortho nitro benzene ring substituents is 1. The van der Waals surface area contributed by atoms with Crippen molar-refractivity contribution in [3.8, 4) is 21.9 Å². The molecule has 0 bridgehead atoms. The summed E-state index contributed by atoms with van der Waals surface area (Å²) in [4.78, 5) is 24.0. The zero-order chi connectivity index (χ0) is 26.1. The van der Waals surface area contributed by atoms with E-state index in [1.54, 1.807) is 22.7 Å². The van der Waals surface area contributed by atoms with Gasteiger partial charge in [0.05, 0.1) is 4.92 Å². The SMILES string of the molecule is CCc1nnc2sc(-c3ccc(C)c(NC(=S)NC(=O)c4ccc(-c5cccc([N+](=O)[O-])c5)o4)c3)nn12. The number of carbonyl (C=O) groups excluding carboxylic acids is 1. The Kier molecular flexibility index (Phi) is 6.46. The lowest BCUT2D eigenvalue weighted by atomic mass is 10.1. The van der Waals surface area contributed by atoms with Crippen molar-refractivity contribution in [2.75, 3.05) is 5.32 Å². The largest absolute Gasteiger partial charge is 0.451 e. The monoisotopic (exact) mass is 533 g/mol. The van der Waals surface area contributed by atoms with Gasteiger partial charge in [-0.15, -0.1) is 10.2 Å². The minimum atomic E-state index is -0.552. The van der Waals surface area contributed by atoms with E-state index >= 15 is 0 Å². The van der Waals surface area contributed by atoms with Gasteiger partial charge < -0.3 is 9.73 Å². The number of furan rings is 1. The Morgan fingerprint density at radius 3 is 2.78 bits per heavy atom. The van der Waals surface area contributed by atoms with Gasteiger partial charge in [0.15, 0.2) is 16.7 Å². The van der Waals surface area contributed by atoms with Crippen LogP contribution < -0.4 is 10.6 Å².